The largest absolute Gasteiger partial charge is 0.325 e. The first-order chi connectivity index (χ1) is 11.5. The van der Waals surface area contributed by atoms with Crippen molar-refractivity contribution in [1.82, 2.24) is 0 Å². The molecule has 0 heterocycles. The average Bonchev–Trinajstić information content (AvgIpc) is 3.07. The number of carbonyl (C=O) groups is 2. The van der Waals surface area contributed by atoms with Crippen LogP contribution in [0.25, 0.3) is 0 Å². The Balaban J connectivity index is 1.89. The van der Waals surface area contributed by atoms with Gasteiger partial charge in [-0.15, -0.1) is 0 Å². The minimum absolute atomic E-state index is 0.0415. The molecule has 3 nitrogen and oxygen atoms in total. The molecule has 1 amide bonds. The van der Waals surface area contributed by atoms with Crippen LogP contribution < -0.4 is 5.32 Å². The molecule has 4 heteroatoms. The lowest BCUT2D eigenvalue weighted by Crippen LogP contribution is -2.38. The second-order valence-corrected chi connectivity index (χ2v) is 6.39. The van der Waals surface area contributed by atoms with Gasteiger partial charge in [0.1, 0.15) is 5.82 Å². The Hall–Kier alpha value is -2.49. The second-order valence-electron chi connectivity index (χ2n) is 6.39. The van der Waals surface area contributed by atoms with E-state index in [4.69, 9.17) is 0 Å². The third-order valence-electron chi connectivity index (χ3n) is 4.82. The first kappa shape index (κ1) is 16.4. The van der Waals surface area contributed by atoms with E-state index in [9.17, 15) is 14.0 Å². The van der Waals surface area contributed by atoms with Crippen LogP contribution in [0.2, 0.25) is 0 Å². The summed E-state index contributed by atoms with van der Waals surface area (Å²) >= 11 is 0. The molecule has 1 fully saturated rings. The fraction of sp³-hybridized carbons (Fsp3) is 0.300. The number of ketones is 1. The third-order valence-corrected chi connectivity index (χ3v) is 4.82. The molecule has 1 aliphatic rings. The smallest absolute Gasteiger partial charge is 0.235 e. The van der Waals surface area contributed by atoms with Gasteiger partial charge in [-0.25, -0.2) is 4.39 Å². The van der Waals surface area contributed by atoms with Crippen molar-refractivity contribution in [3.8, 4) is 0 Å². The molecule has 1 N–H and O–H groups in total. The molecule has 1 aliphatic carbocycles. The van der Waals surface area contributed by atoms with Crippen molar-refractivity contribution in [2.45, 2.75) is 38.0 Å². The quantitative estimate of drug-likeness (QED) is 0.843. The highest BCUT2D eigenvalue weighted by molar-refractivity contribution is 6.01. The zero-order valence-electron chi connectivity index (χ0n) is 13.6. The summed E-state index contributed by atoms with van der Waals surface area (Å²) in [5.74, 6) is -0.436. The average molecular weight is 325 g/mol. The Bertz CT molecular complexity index is 761. The van der Waals surface area contributed by atoms with E-state index in [1.807, 2.05) is 0 Å². The van der Waals surface area contributed by atoms with Crippen molar-refractivity contribution in [1.29, 1.82) is 0 Å². The van der Waals surface area contributed by atoms with Gasteiger partial charge in [-0.3, -0.25) is 9.59 Å². The number of anilines is 1. The normalized spacial score (nSPS) is 15.9. The molecule has 0 saturated heterocycles. The van der Waals surface area contributed by atoms with Crippen molar-refractivity contribution < 1.29 is 14.0 Å². The SMILES string of the molecule is CC(=O)c1cccc(NC(=O)C2(c3ccc(F)cc3)CCCC2)c1. The lowest BCUT2D eigenvalue weighted by molar-refractivity contribution is -0.121. The van der Waals surface area contributed by atoms with Gasteiger partial charge in [0.05, 0.1) is 5.41 Å². The molecule has 0 atom stereocenters. The zero-order valence-corrected chi connectivity index (χ0v) is 13.6. The van der Waals surface area contributed by atoms with Crippen LogP contribution in [0.3, 0.4) is 0 Å². The van der Waals surface area contributed by atoms with Crippen molar-refractivity contribution in [2.75, 3.05) is 5.32 Å². The van der Waals surface area contributed by atoms with Gasteiger partial charge in [-0.05, 0) is 49.6 Å². The number of carbonyl (C=O) groups excluding carboxylic acids is 2. The van der Waals surface area contributed by atoms with E-state index in [0.29, 0.717) is 11.3 Å². The van der Waals surface area contributed by atoms with Gasteiger partial charge >= 0.3 is 0 Å². The summed E-state index contributed by atoms with van der Waals surface area (Å²) in [6.45, 7) is 1.50. The molecule has 2 aromatic rings. The Morgan fingerprint density at radius 3 is 2.33 bits per heavy atom. The van der Waals surface area contributed by atoms with E-state index in [0.717, 1.165) is 31.2 Å². The van der Waals surface area contributed by atoms with Crippen LogP contribution in [0.15, 0.2) is 48.5 Å². The molecule has 0 unspecified atom stereocenters. The number of nitrogens with one attached hydrogen (secondary N) is 1. The van der Waals surface area contributed by atoms with Crippen LogP contribution in [0, 0.1) is 5.82 Å². The highest BCUT2D eigenvalue weighted by Gasteiger charge is 2.42. The zero-order chi connectivity index (χ0) is 17.2. The molecule has 1 saturated carbocycles. The predicted molar refractivity (Wildman–Crippen MR) is 91.6 cm³/mol. The first-order valence-corrected chi connectivity index (χ1v) is 8.20. The van der Waals surface area contributed by atoms with E-state index in [-0.39, 0.29) is 17.5 Å². The fourth-order valence-corrected chi connectivity index (χ4v) is 3.46. The number of rotatable bonds is 4. The Morgan fingerprint density at radius 2 is 1.71 bits per heavy atom. The molecule has 0 radical (unpaired) electrons. The van der Waals surface area contributed by atoms with Crippen LogP contribution in [0.4, 0.5) is 10.1 Å². The summed E-state index contributed by atoms with van der Waals surface area (Å²) in [5.41, 5.74) is 1.40. The van der Waals surface area contributed by atoms with Gasteiger partial charge in [-0.2, -0.15) is 0 Å². The molecule has 0 aliphatic heterocycles. The molecule has 0 aromatic heterocycles. The predicted octanol–water partition coefficient (Wildman–Crippen LogP) is 4.48. The molecule has 0 bridgehead atoms. The van der Waals surface area contributed by atoms with Gasteiger partial charge < -0.3 is 5.32 Å². The Morgan fingerprint density at radius 1 is 1.04 bits per heavy atom. The fourth-order valence-electron chi connectivity index (χ4n) is 3.46. The number of hydrogen-bond donors (Lipinski definition) is 1. The highest BCUT2D eigenvalue weighted by Crippen LogP contribution is 2.42. The number of halogens is 1. The van der Waals surface area contributed by atoms with Crippen molar-refractivity contribution in [3.63, 3.8) is 0 Å². The maximum absolute atomic E-state index is 13.2. The molecule has 3 rings (SSSR count). The highest BCUT2D eigenvalue weighted by atomic mass is 19.1. The number of Topliss-reactive ketones (excluding diaryl/α,β-unsaturated/α-hetero) is 1. The van der Waals surface area contributed by atoms with Crippen LogP contribution in [-0.2, 0) is 10.2 Å². The molecular weight excluding hydrogens is 305 g/mol. The summed E-state index contributed by atoms with van der Waals surface area (Å²) in [6.07, 6.45) is 3.43. The van der Waals surface area contributed by atoms with E-state index in [2.05, 4.69) is 5.32 Å². The lowest BCUT2D eigenvalue weighted by atomic mass is 9.78. The van der Waals surface area contributed by atoms with Gasteiger partial charge in [0.2, 0.25) is 5.91 Å². The minimum Gasteiger partial charge on any atom is -0.325 e. The molecule has 124 valence electrons. The van der Waals surface area contributed by atoms with Crippen LogP contribution in [0.5, 0.6) is 0 Å². The van der Waals surface area contributed by atoms with Crippen LogP contribution in [0.1, 0.15) is 48.5 Å². The van der Waals surface area contributed by atoms with E-state index in [1.165, 1.54) is 19.1 Å². The van der Waals surface area contributed by atoms with Gasteiger partial charge in [0.15, 0.2) is 5.78 Å². The molecule has 0 spiro atoms. The lowest BCUT2D eigenvalue weighted by Gasteiger charge is -2.28. The van der Waals surface area contributed by atoms with E-state index >= 15 is 0 Å². The number of hydrogen-bond acceptors (Lipinski definition) is 2. The summed E-state index contributed by atoms with van der Waals surface area (Å²) in [5, 5.41) is 2.95. The van der Waals surface area contributed by atoms with Crippen molar-refractivity contribution >= 4 is 17.4 Å². The van der Waals surface area contributed by atoms with E-state index in [1.54, 1.807) is 36.4 Å². The summed E-state index contributed by atoms with van der Waals surface area (Å²) < 4.78 is 13.2. The van der Waals surface area contributed by atoms with Gasteiger partial charge in [0, 0.05) is 11.3 Å². The minimum atomic E-state index is -0.625. The Labute approximate surface area is 140 Å². The number of amides is 1. The van der Waals surface area contributed by atoms with Crippen molar-refractivity contribution in [3.05, 3.63) is 65.5 Å². The molecule has 2 aromatic carbocycles. The van der Waals surface area contributed by atoms with Gasteiger partial charge in [0.25, 0.3) is 0 Å². The number of benzene rings is 2. The topological polar surface area (TPSA) is 46.2 Å². The first-order valence-electron chi connectivity index (χ1n) is 8.20. The third kappa shape index (κ3) is 3.09. The Kier molecular flexibility index (Phi) is 4.47. The maximum atomic E-state index is 13.2. The monoisotopic (exact) mass is 325 g/mol. The van der Waals surface area contributed by atoms with E-state index < -0.39 is 5.41 Å². The maximum Gasteiger partial charge on any atom is 0.235 e. The standard InChI is InChI=1S/C20H20FNO2/c1-14(23)15-5-4-6-18(13-15)22-19(24)20(11-2-3-12-20)16-7-9-17(21)10-8-16/h4-10,13H,2-3,11-12H2,1H3,(H,22,24). The molecule has 24 heavy (non-hydrogen) atoms. The van der Waals surface area contributed by atoms with Crippen LogP contribution in [-0.4, -0.2) is 11.7 Å². The second kappa shape index (κ2) is 6.56. The van der Waals surface area contributed by atoms with Crippen LogP contribution >= 0.6 is 0 Å². The van der Waals surface area contributed by atoms with Crippen molar-refractivity contribution in [2.24, 2.45) is 0 Å². The molecular formula is C20H20FNO2. The summed E-state index contributed by atoms with van der Waals surface area (Å²) in [7, 11) is 0. The summed E-state index contributed by atoms with van der Waals surface area (Å²) in [4.78, 5) is 24.5. The van der Waals surface area contributed by atoms with Gasteiger partial charge in [-0.1, -0.05) is 37.1 Å². The summed E-state index contributed by atoms with van der Waals surface area (Å²) in [6, 6.07) is 13.1.